The Labute approximate surface area is 108 Å². The molecule has 88 valence electrons. The van der Waals surface area contributed by atoms with Crippen LogP contribution in [-0.2, 0) is 6.54 Å². The predicted octanol–water partition coefficient (Wildman–Crippen LogP) is 2.86. The summed E-state index contributed by atoms with van der Waals surface area (Å²) >= 11 is 3.34. The first-order chi connectivity index (χ1) is 8.29. The number of ether oxygens (including phenoxy) is 1. The first-order valence-electron chi connectivity index (χ1n) is 5.13. The summed E-state index contributed by atoms with van der Waals surface area (Å²) in [5.74, 6) is 1.45. The number of hydrogen-bond acceptors (Lipinski definition) is 4. The fourth-order valence-electron chi connectivity index (χ4n) is 1.41. The monoisotopic (exact) mass is 293 g/mol. The van der Waals surface area contributed by atoms with E-state index in [4.69, 9.17) is 4.74 Å². The number of pyridine rings is 2. The molecule has 0 radical (unpaired) electrons. The van der Waals surface area contributed by atoms with Crippen molar-refractivity contribution in [2.45, 2.75) is 6.54 Å². The van der Waals surface area contributed by atoms with E-state index >= 15 is 0 Å². The Morgan fingerprint density at radius 2 is 2.18 bits per heavy atom. The standard InChI is InChI=1S/C12H12BrN3O/c1-17-12-9(3-2-6-14-12)7-15-11-5-4-10(13)8-16-11/h2-6,8H,7H2,1H3,(H,15,16). The van der Waals surface area contributed by atoms with Gasteiger partial charge in [-0.25, -0.2) is 9.97 Å². The maximum Gasteiger partial charge on any atom is 0.218 e. The molecule has 2 aromatic heterocycles. The Balaban J connectivity index is 2.04. The normalized spacial score (nSPS) is 10.0. The van der Waals surface area contributed by atoms with E-state index in [2.05, 4.69) is 31.2 Å². The van der Waals surface area contributed by atoms with E-state index < -0.39 is 0 Å². The second kappa shape index (κ2) is 5.63. The van der Waals surface area contributed by atoms with Gasteiger partial charge in [-0.3, -0.25) is 0 Å². The summed E-state index contributed by atoms with van der Waals surface area (Å²) in [5, 5.41) is 3.21. The van der Waals surface area contributed by atoms with Crippen molar-refractivity contribution in [2.24, 2.45) is 0 Å². The molecule has 17 heavy (non-hydrogen) atoms. The van der Waals surface area contributed by atoms with Crippen molar-refractivity contribution >= 4 is 21.7 Å². The quantitative estimate of drug-likeness (QED) is 0.942. The van der Waals surface area contributed by atoms with Gasteiger partial charge in [0.05, 0.1) is 7.11 Å². The zero-order chi connectivity index (χ0) is 12.1. The molecule has 0 atom stereocenters. The Morgan fingerprint density at radius 3 is 2.88 bits per heavy atom. The molecule has 2 aromatic rings. The highest BCUT2D eigenvalue weighted by molar-refractivity contribution is 9.10. The van der Waals surface area contributed by atoms with Crippen molar-refractivity contribution in [3.05, 3.63) is 46.7 Å². The third kappa shape index (κ3) is 3.17. The van der Waals surface area contributed by atoms with Crippen LogP contribution in [0.15, 0.2) is 41.1 Å². The Kier molecular flexibility index (Phi) is 3.93. The minimum absolute atomic E-state index is 0.631. The summed E-state index contributed by atoms with van der Waals surface area (Å²) in [6.07, 6.45) is 3.46. The molecule has 0 aliphatic rings. The molecule has 0 aliphatic carbocycles. The summed E-state index contributed by atoms with van der Waals surface area (Å²) in [6.45, 7) is 0.631. The van der Waals surface area contributed by atoms with Crippen LogP contribution >= 0.6 is 15.9 Å². The second-order valence-corrected chi connectivity index (χ2v) is 4.30. The van der Waals surface area contributed by atoms with Gasteiger partial charge in [0.1, 0.15) is 5.82 Å². The van der Waals surface area contributed by atoms with Gasteiger partial charge in [0, 0.05) is 29.0 Å². The summed E-state index contributed by atoms with van der Waals surface area (Å²) in [4.78, 5) is 8.36. The van der Waals surface area contributed by atoms with Gasteiger partial charge in [-0.05, 0) is 34.1 Å². The molecule has 0 aliphatic heterocycles. The van der Waals surface area contributed by atoms with E-state index in [-0.39, 0.29) is 0 Å². The molecular weight excluding hydrogens is 282 g/mol. The topological polar surface area (TPSA) is 47.0 Å². The van der Waals surface area contributed by atoms with Crippen LogP contribution in [0.4, 0.5) is 5.82 Å². The molecule has 1 N–H and O–H groups in total. The third-order valence-corrected chi connectivity index (χ3v) is 2.70. The Morgan fingerprint density at radius 1 is 1.29 bits per heavy atom. The van der Waals surface area contributed by atoms with Gasteiger partial charge < -0.3 is 10.1 Å². The molecule has 0 spiro atoms. The Bertz CT molecular complexity index is 487. The van der Waals surface area contributed by atoms with Crippen molar-refractivity contribution in [1.82, 2.24) is 9.97 Å². The molecule has 2 rings (SSSR count). The van der Waals surface area contributed by atoms with E-state index in [1.54, 1.807) is 19.5 Å². The summed E-state index contributed by atoms with van der Waals surface area (Å²) in [7, 11) is 1.61. The smallest absolute Gasteiger partial charge is 0.218 e. The molecule has 0 bridgehead atoms. The van der Waals surface area contributed by atoms with E-state index in [0.717, 1.165) is 15.9 Å². The highest BCUT2D eigenvalue weighted by atomic mass is 79.9. The predicted molar refractivity (Wildman–Crippen MR) is 70.1 cm³/mol. The van der Waals surface area contributed by atoms with Gasteiger partial charge in [-0.2, -0.15) is 0 Å². The zero-order valence-electron chi connectivity index (χ0n) is 9.35. The van der Waals surface area contributed by atoms with Crippen molar-refractivity contribution in [3.8, 4) is 5.88 Å². The maximum atomic E-state index is 5.17. The maximum absolute atomic E-state index is 5.17. The van der Waals surface area contributed by atoms with Crippen molar-refractivity contribution < 1.29 is 4.74 Å². The minimum atomic E-state index is 0.631. The molecule has 0 amide bonds. The lowest BCUT2D eigenvalue weighted by Gasteiger charge is -2.08. The van der Waals surface area contributed by atoms with Crippen LogP contribution in [0, 0.1) is 0 Å². The van der Waals surface area contributed by atoms with Crippen LogP contribution in [0.5, 0.6) is 5.88 Å². The molecule has 2 heterocycles. The van der Waals surface area contributed by atoms with Crippen molar-refractivity contribution in [3.63, 3.8) is 0 Å². The minimum Gasteiger partial charge on any atom is -0.481 e. The van der Waals surface area contributed by atoms with Gasteiger partial charge in [0.25, 0.3) is 0 Å². The number of nitrogens with zero attached hydrogens (tertiary/aromatic N) is 2. The molecule has 0 saturated heterocycles. The third-order valence-electron chi connectivity index (χ3n) is 2.23. The molecule has 0 fully saturated rings. The SMILES string of the molecule is COc1ncccc1CNc1ccc(Br)cn1. The summed E-state index contributed by atoms with van der Waals surface area (Å²) in [5.41, 5.74) is 1.000. The van der Waals surface area contributed by atoms with E-state index in [1.165, 1.54) is 0 Å². The van der Waals surface area contributed by atoms with Crippen LogP contribution in [0.1, 0.15) is 5.56 Å². The number of nitrogens with one attached hydrogen (secondary N) is 1. The number of aromatic nitrogens is 2. The molecule has 4 nitrogen and oxygen atoms in total. The van der Waals surface area contributed by atoms with Crippen LogP contribution in [-0.4, -0.2) is 17.1 Å². The number of anilines is 1. The molecule has 0 saturated carbocycles. The fraction of sp³-hybridized carbons (Fsp3) is 0.167. The van der Waals surface area contributed by atoms with Crippen molar-refractivity contribution in [1.29, 1.82) is 0 Å². The fourth-order valence-corrected chi connectivity index (χ4v) is 1.64. The Hall–Kier alpha value is -1.62. The van der Waals surface area contributed by atoms with Gasteiger partial charge >= 0.3 is 0 Å². The van der Waals surface area contributed by atoms with E-state index in [9.17, 15) is 0 Å². The van der Waals surface area contributed by atoms with Crippen LogP contribution in [0.3, 0.4) is 0 Å². The van der Waals surface area contributed by atoms with E-state index in [1.807, 2.05) is 24.3 Å². The van der Waals surface area contributed by atoms with Gasteiger partial charge in [0.15, 0.2) is 0 Å². The van der Waals surface area contributed by atoms with Crippen LogP contribution in [0.2, 0.25) is 0 Å². The first kappa shape index (κ1) is 11.9. The average Bonchev–Trinajstić information content (AvgIpc) is 2.38. The number of methoxy groups -OCH3 is 1. The zero-order valence-corrected chi connectivity index (χ0v) is 10.9. The van der Waals surface area contributed by atoms with Gasteiger partial charge in [-0.1, -0.05) is 6.07 Å². The highest BCUT2D eigenvalue weighted by Crippen LogP contribution is 2.16. The lowest BCUT2D eigenvalue weighted by atomic mass is 10.2. The van der Waals surface area contributed by atoms with Crippen LogP contribution in [0.25, 0.3) is 0 Å². The second-order valence-electron chi connectivity index (χ2n) is 3.39. The lowest BCUT2D eigenvalue weighted by molar-refractivity contribution is 0.393. The molecule has 5 heteroatoms. The highest BCUT2D eigenvalue weighted by Gasteiger charge is 2.02. The molecular formula is C12H12BrN3O. The summed E-state index contributed by atoms with van der Waals surface area (Å²) < 4.78 is 6.13. The van der Waals surface area contributed by atoms with Gasteiger partial charge in [-0.15, -0.1) is 0 Å². The number of hydrogen-bond donors (Lipinski definition) is 1. The van der Waals surface area contributed by atoms with Crippen LogP contribution < -0.4 is 10.1 Å². The number of rotatable bonds is 4. The molecule has 0 aromatic carbocycles. The average molecular weight is 294 g/mol. The first-order valence-corrected chi connectivity index (χ1v) is 5.92. The van der Waals surface area contributed by atoms with Crippen molar-refractivity contribution in [2.75, 3.05) is 12.4 Å². The summed E-state index contributed by atoms with van der Waals surface area (Å²) in [6, 6.07) is 7.70. The number of halogens is 1. The van der Waals surface area contributed by atoms with Gasteiger partial charge in [0.2, 0.25) is 5.88 Å². The molecule has 0 unspecified atom stereocenters. The van der Waals surface area contributed by atoms with E-state index in [0.29, 0.717) is 12.4 Å². The largest absolute Gasteiger partial charge is 0.481 e. The lowest BCUT2D eigenvalue weighted by Crippen LogP contribution is -2.03.